The monoisotopic (exact) mass is 488 g/mol. The number of aliphatic imine (C=N–C) groups is 1. The van der Waals surface area contributed by atoms with Gasteiger partial charge in [-0.1, -0.05) is 41.9 Å². The van der Waals surface area contributed by atoms with E-state index < -0.39 is 0 Å². The summed E-state index contributed by atoms with van der Waals surface area (Å²) in [4.78, 5) is 20.7. The number of ether oxygens (including phenoxy) is 2. The van der Waals surface area contributed by atoms with E-state index in [0.717, 1.165) is 26.3 Å². The van der Waals surface area contributed by atoms with Gasteiger partial charge in [-0.25, -0.2) is 4.99 Å². The van der Waals surface area contributed by atoms with Gasteiger partial charge >= 0.3 is 0 Å². The lowest BCUT2D eigenvalue weighted by Crippen LogP contribution is -2.32. The quantitative estimate of drug-likeness (QED) is 0.280. The van der Waals surface area contributed by atoms with E-state index >= 15 is 0 Å². The van der Waals surface area contributed by atoms with Crippen molar-refractivity contribution in [2.75, 3.05) is 18.6 Å². The van der Waals surface area contributed by atoms with Crippen molar-refractivity contribution >= 4 is 56.5 Å². The van der Waals surface area contributed by atoms with E-state index in [1.54, 1.807) is 18.1 Å². The molecule has 5 nitrogen and oxygen atoms in total. The zero-order valence-electron chi connectivity index (χ0n) is 18.6. The summed E-state index contributed by atoms with van der Waals surface area (Å²) in [7, 11) is 1.61. The first-order valence-electron chi connectivity index (χ1n) is 10.8. The molecule has 7 heteroatoms. The lowest BCUT2D eigenvalue weighted by molar-refractivity contribution is -0.113. The number of fused-ring (bicyclic) bond motifs is 1. The summed E-state index contributed by atoms with van der Waals surface area (Å²) in [5.41, 5.74) is 1.88. The van der Waals surface area contributed by atoms with Crippen LogP contribution in [-0.4, -0.2) is 25.5 Å². The van der Waals surface area contributed by atoms with Crippen molar-refractivity contribution in [3.63, 3.8) is 0 Å². The van der Waals surface area contributed by atoms with Gasteiger partial charge in [0.25, 0.3) is 5.91 Å². The van der Waals surface area contributed by atoms with E-state index in [9.17, 15) is 4.79 Å². The van der Waals surface area contributed by atoms with E-state index in [4.69, 9.17) is 26.1 Å². The van der Waals surface area contributed by atoms with Crippen molar-refractivity contribution < 1.29 is 14.3 Å². The van der Waals surface area contributed by atoms with Crippen LogP contribution in [0.25, 0.3) is 16.2 Å². The maximum atomic E-state index is 13.6. The van der Waals surface area contributed by atoms with Crippen LogP contribution in [0.1, 0.15) is 17.4 Å². The molecule has 5 rings (SSSR count). The number of hydrogen-bond acceptors (Lipinski definition) is 5. The van der Waals surface area contributed by atoms with Gasteiger partial charge in [-0.05, 0) is 61.0 Å². The van der Waals surface area contributed by atoms with Crippen LogP contribution in [0, 0.1) is 0 Å². The molecule has 0 radical (unpaired) electrons. The number of methoxy groups -OCH3 is 1. The molecule has 1 aromatic heterocycles. The molecule has 0 saturated carbocycles. The van der Waals surface area contributed by atoms with Crippen molar-refractivity contribution in [3.8, 4) is 11.5 Å². The van der Waals surface area contributed by atoms with Crippen LogP contribution in [0.15, 0.2) is 83.5 Å². The van der Waals surface area contributed by atoms with E-state index in [-0.39, 0.29) is 5.91 Å². The fourth-order valence-electron chi connectivity index (χ4n) is 3.78. The molecule has 170 valence electrons. The first-order chi connectivity index (χ1) is 16.6. The molecule has 0 unspecified atom stereocenters. The van der Waals surface area contributed by atoms with E-state index in [0.29, 0.717) is 34.6 Å². The zero-order chi connectivity index (χ0) is 23.7. The number of carbonyl (C=O) groups excluding carboxylic acids is 1. The summed E-state index contributed by atoms with van der Waals surface area (Å²) in [6.45, 7) is 2.54. The molecule has 0 bridgehead atoms. The second-order valence-electron chi connectivity index (χ2n) is 7.55. The Kier molecular flexibility index (Phi) is 6.09. The molecule has 4 aromatic rings. The van der Waals surface area contributed by atoms with Gasteiger partial charge in [0.2, 0.25) is 0 Å². The fourth-order valence-corrected chi connectivity index (χ4v) is 5.28. The number of anilines is 1. The van der Waals surface area contributed by atoms with Crippen molar-refractivity contribution in [1.29, 1.82) is 0 Å². The van der Waals surface area contributed by atoms with Crippen molar-refractivity contribution in [2.45, 2.75) is 6.92 Å². The second-order valence-corrected chi connectivity index (χ2v) is 8.98. The molecule has 1 amide bonds. The smallest absolute Gasteiger partial charge is 0.282 e. The molecular weight excluding hydrogens is 468 g/mol. The molecule has 0 aliphatic carbocycles. The highest BCUT2D eigenvalue weighted by Crippen LogP contribution is 2.39. The molecule has 34 heavy (non-hydrogen) atoms. The molecule has 0 fully saturated rings. The largest absolute Gasteiger partial charge is 0.497 e. The van der Waals surface area contributed by atoms with Crippen LogP contribution >= 0.6 is 22.9 Å². The van der Waals surface area contributed by atoms with Gasteiger partial charge < -0.3 is 9.47 Å². The molecule has 1 aliphatic heterocycles. The number of nitrogens with zero attached hydrogens (tertiary/aromatic N) is 2. The third-order valence-corrected chi connectivity index (χ3v) is 7.09. The summed E-state index contributed by atoms with van der Waals surface area (Å²) in [6.07, 6.45) is 1.78. The van der Waals surface area contributed by atoms with E-state index in [2.05, 4.69) is 0 Å². The molecule has 0 N–H and O–H groups in total. The highest BCUT2D eigenvalue weighted by atomic mass is 35.5. The van der Waals surface area contributed by atoms with Gasteiger partial charge in [-0.2, -0.15) is 0 Å². The number of amidine groups is 1. The Bertz CT molecular complexity index is 1420. The topological polar surface area (TPSA) is 51.1 Å². The number of halogens is 1. The molecule has 0 atom stereocenters. The Morgan fingerprint density at radius 3 is 2.38 bits per heavy atom. The average Bonchev–Trinajstić information content (AvgIpc) is 3.37. The number of thiophene rings is 1. The predicted molar refractivity (Wildman–Crippen MR) is 139 cm³/mol. The summed E-state index contributed by atoms with van der Waals surface area (Å²) < 4.78 is 11.8. The minimum absolute atomic E-state index is 0.220. The van der Waals surface area contributed by atoms with Gasteiger partial charge in [0.15, 0.2) is 5.84 Å². The molecule has 2 heterocycles. The molecule has 1 aliphatic rings. The van der Waals surface area contributed by atoms with Crippen LogP contribution in [-0.2, 0) is 4.79 Å². The number of rotatable bonds is 6. The van der Waals surface area contributed by atoms with Crippen LogP contribution in [0.5, 0.6) is 11.5 Å². The Morgan fingerprint density at radius 2 is 1.71 bits per heavy atom. The number of amides is 1. The first-order valence-corrected chi connectivity index (χ1v) is 12.0. The third-order valence-electron chi connectivity index (χ3n) is 5.42. The van der Waals surface area contributed by atoms with Crippen molar-refractivity contribution in [3.05, 3.63) is 94.0 Å². The summed E-state index contributed by atoms with van der Waals surface area (Å²) in [6, 6.07) is 22.8. The van der Waals surface area contributed by atoms with Gasteiger partial charge in [-0.15, -0.1) is 11.3 Å². The SMILES string of the molecule is CCOc1ccc(/C=C2/N=C(c3sc4ccccc4c3Cl)N(c3ccc(OC)cc3)C2=O)cc1. The van der Waals surface area contributed by atoms with Crippen molar-refractivity contribution in [2.24, 2.45) is 4.99 Å². The van der Waals surface area contributed by atoms with Gasteiger partial charge in [0, 0.05) is 10.1 Å². The van der Waals surface area contributed by atoms with Crippen LogP contribution in [0.4, 0.5) is 5.69 Å². The zero-order valence-corrected chi connectivity index (χ0v) is 20.2. The highest BCUT2D eigenvalue weighted by molar-refractivity contribution is 7.21. The molecular formula is C27H21ClN2O3S. The molecule has 0 saturated heterocycles. The van der Waals surface area contributed by atoms with Gasteiger partial charge in [-0.3, -0.25) is 9.69 Å². The van der Waals surface area contributed by atoms with Crippen molar-refractivity contribution in [1.82, 2.24) is 0 Å². The predicted octanol–water partition coefficient (Wildman–Crippen LogP) is 6.80. The van der Waals surface area contributed by atoms with Gasteiger partial charge in [0.1, 0.15) is 17.2 Å². The fraction of sp³-hybridized carbons (Fsp3) is 0.111. The van der Waals surface area contributed by atoms with E-state index in [1.807, 2.05) is 79.7 Å². The van der Waals surface area contributed by atoms with Crippen LogP contribution in [0.3, 0.4) is 0 Å². The van der Waals surface area contributed by atoms with Gasteiger partial charge in [0.05, 0.1) is 29.3 Å². The summed E-state index contributed by atoms with van der Waals surface area (Å²) >= 11 is 8.30. The number of carbonyl (C=O) groups is 1. The summed E-state index contributed by atoms with van der Waals surface area (Å²) in [5, 5.41) is 1.53. The number of hydrogen-bond donors (Lipinski definition) is 0. The second kappa shape index (κ2) is 9.33. The maximum absolute atomic E-state index is 13.6. The Hall–Kier alpha value is -3.61. The Labute approximate surface area is 206 Å². The Morgan fingerprint density at radius 1 is 1.00 bits per heavy atom. The normalized spacial score (nSPS) is 14.7. The van der Waals surface area contributed by atoms with Crippen LogP contribution < -0.4 is 14.4 Å². The Balaban J connectivity index is 1.61. The molecule has 0 spiro atoms. The lowest BCUT2D eigenvalue weighted by atomic mass is 10.2. The highest BCUT2D eigenvalue weighted by Gasteiger charge is 2.35. The standard InChI is InChI=1S/C27H21ClN2O3S/c1-3-33-20-12-8-17(9-13-20)16-22-27(31)30(18-10-14-19(32-2)15-11-18)26(29-22)25-24(28)21-6-4-5-7-23(21)34-25/h4-16H,3H2,1-2H3/b22-16+. The van der Waals surface area contributed by atoms with Crippen LogP contribution in [0.2, 0.25) is 5.02 Å². The number of benzene rings is 3. The van der Waals surface area contributed by atoms with E-state index in [1.165, 1.54) is 11.3 Å². The minimum atomic E-state index is -0.220. The lowest BCUT2D eigenvalue weighted by Gasteiger charge is -2.18. The average molecular weight is 489 g/mol. The minimum Gasteiger partial charge on any atom is -0.497 e. The summed E-state index contributed by atoms with van der Waals surface area (Å²) in [5.74, 6) is 1.78. The molecule has 3 aromatic carbocycles. The third kappa shape index (κ3) is 4.06. The first kappa shape index (κ1) is 22.2. The maximum Gasteiger partial charge on any atom is 0.282 e.